The van der Waals surface area contributed by atoms with Crippen LogP contribution in [0.1, 0.15) is 38.7 Å². The minimum Gasteiger partial charge on any atom is -0.352 e. The third-order valence-electron chi connectivity index (χ3n) is 5.11. The summed E-state index contributed by atoms with van der Waals surface area (Å²) in [5.74, 6) is -0.391. The maximum absolute atomic E-state index is 12.5. The van der Waals surface area contributed by atoms with E-state index in [2.05, 4.69) is 22.8 Å². The van der Waals surface area contributed by atoms with Crippen molar-refractivity contribution in [2.24, 2.45) is 5.92 Å². The Bertz CT molecular complexity index is 672. The Morgan fingerprint density at radius 1 is 1.32 bits per heavy atom. The van der Waals surface area contributed by atoms with Crippen LogP contribution in [0.5, 0.6) is 0 Å². The molecule has 0 spiro atoms. The molecular weight excluding hydrogens is 318 g/mol. The number of carbonyl (C=O) groups excluding carboxylic acids is 3. The molecule has 25 heavy (non-hydrogen) atoms. The fourth-order valence-electron chi connectivity index (χ4n) is 3.36. The van der Waals surface area contributed by atoms with Gasteiger partial charge in [-0.2, -0.15) is 0 Å². The Labute approximate surface area is 148 Å². The van der Waals surface area contributed by atoms with E-state index in [0.717, 1.165) is 30.6 Å². The second kappa shape index (κ2) is 6.86. The number of hydrogen-bond donors (Lipinski definition) is 2. The first-order valence-electron chi connectivity index (χ1n) is 8.87. The number of rotatable bonds is 7. The Hall–Kier alpha value is -2.37. The van der Waals surface area contributed by atoms with Crippen molar-refractivity contribution in [3.8, 4) is 0 Å². The fourth-order valence-corrected chi connectivity index (χ4v) is 3.36. The van der Waals surface area contributed by atoms with Gasteiger partial charge in [0.1, 0.15) is 12.1 Å². The van der Waals surface area contributed by atoms with Gasteiger partial charge < -0.3 is 10.6 Å². The molecule has 1 aliphatic heterocycles. The van der Waals surface area contributed by atoms with Crippen molar-refractivity contribution in [1.29, 1.82) is 0 Å². The standard InChI is InChI=1S/C19H25N3O3/c1-13(8-9-14-6-4-3-5-7-14)20-16(23)12-22-17(24)19(2,15-10-11-15)21-18(22)25/h3-7,13,15H,8-12H2,1-2H3,(H,20,23)(H,21,25). The fraction of sp³-hybridized carbons (Fsp3) is 0.526. The summed E-state index contributed by atoms with van der Waals surface area (Å²) in [7, 11) is 0. The molecule has 1 saturated carbocycles. The van der Waals surface area contributed by atoms with Crippen molar-refractivity contribution in [2.75, 3.05) is 6.54 Å². The van der Waals surface area contributed by atoms with Crippen LogP contribution in [0.15, 0.2) is 30.3 Å². The summed E-state index contributed by atoms with van der Waals surface area (Å²) in [5.41, 5.74) is 0.383. The quantitative estimate of drug-likeness (QED) is 0.742. The van der Waals surface area contributed by atoms with E-state index in [1.54, 1.807) is 6.92 Å². The lowest BCUT2D eigenvalue weighted by molar-refractivity contribution is -0.135. The van der Waals surface area contributed by atoms with Crippen LogP contribution in [0.4, 0.5) is 4.79 Å². The zero-order valence-electron chi connectivity index (χ0n) is 14.7. The SMILES string of the molecule is CC(CCc1ccccc1)NC(=O)CN1C(=O)NC(C)(C2CC2)C1=O. The molecule has 1 aromatic rings. The van der Waals surface area contributed by atoms with Gasteiger partial charge >= 0.3 is 6.03 Å². The van der Waals surface area contributed by atoms with Gasteiger partial charge in [0.25, 0.3) is 5.91 Å². The highest BCUT2D eigenvalue weighted by atomic mass is 16.2. The zero-order valence-corrected chi connectivity index (χ0v) is 14.7. The number of nitrogens with zero attached hydrogens (tertiary/aromatic N) is 1. The molecule has 3 rings (SSSR count). The van der Waals surface area contributed by atoms with Crippen molar-refractivity contribution in [2.45, 2.75) is 51.1 Å². The van der Waals surface area contributed by atoms with E-state index in [4.69, 9.17) is 0 Å². The van der Waals surface area contributed by atoms with Crippen LogP contribution < -0.4 is 10.6 Å². The van der Waals surface area contributed by atoms with Crippen LogP contribution in [-0.2, 0) is 16.0 Å². The number of urea groups is 1. The highest BCUT2D eigenvalue weighted by Gasteiger charge is 2.56. The maximum atomic E-state index is 12.5. The minimum absolute atomic E-state index is 0.0247. The molecular formula is C19H25N3O3. The van der Waals surface area contributed by atoms with Gasteiger partial charge in [0.2, 0.25) is 5.91 Å². The molecule has 0 bridgehead atoms. The Morgan fingerprint density at radius 3 is 2.64 bits per heavy atom. The Morgan fingerprint density at radius 2 is 2.00 bits per heavy atom. The Balaban J connectivity index is 1.48. The van der Waals surface area contributed by atoms with Crippen molar-refractivity contribution in [1.82, 2.24) is 15.5 Å². The predicted octanol–water partition coefficient (Wildman–Crippen LogP) is 1.84. The van der Waals surface area contributed by atoms with Gasteiger partial charge in [-0.25, -0.2) is 4.79 Å². The second-order valence-corrected chi connectivity index (χ2v) is 7.29. The van der Waals surface area contributed by atoms with Gasteiger partial charge in [-0.15, -0.1) is 0 Å². The molecule has 4 amide bonds. The van der Waals surface area contributed by atoms with Crippen LogP contribution >= 0.6 is 0 Å². The summed E-state index contributed by atoms with van der Waals surface area (Å²) >= 11 is 0. The number of aryl methyl sites for hydroxylation is 1. The molecule has 134 valence electrons. The van der Waals surface area contributed by atoms with Crippen LogP contribution in [-0.4, -0.2) is 40.9 Å². The third kappa shape index (κ3) is 3.83. The molecule has 2 N–H and O–H groups in total. The smallest absolute Gasteiger partial charge is 0.325 e. The van der Waals surface area contributed by atoms with Crippen molar-refractivity contribution < 1.29 is 14.4 Å². The first-order chi connectivity index (χ1) is 11.9. The molecule has 1 aromatic carbocycles. The van der Waals surface area contributed by atoms with E-state index in [-0.39, 0.29) is 30.3 Å². The van der Waals surface area contributed by atoms with E-state index < -0.39 is 11.6 Å². The van der Waals surface area contributed by atoms with Gasteiger partial charge in [-0.3, -0.25) is 14.5 Å². The largest absolute Gasteiger partial charge is 0.352 e. The summed E-state index contributed by atoms with van der Waals surface area (Å²) < 4.78 is 0. The molecule has 2 fully saturated rings. The van der Waals surface area contributed by atoms with Gasteiger partial charge in [0.15, 0.2) is 0 Å². The molecule has 0 aromatic heterocycles. The summed E-state index contributed by atoms with van der Waals surface area (Å²) in [6.45, 7) is 3.47. The maximum Gasteiger partial charge on any atom is 0.325 e. The van der Waals surface area contributed by atoms with Crippen molar-refractivity contribution in [3.05, 3.63) is 35.9 Å². The number of nitrogens with one attached hydrogen (secondary N) is 2. The second-order valence-electron chi connectivity index (χ2n) is 7.29. The zero-order chi connectivity index (χ0) is 18.0. The highest BCUT2D eigenvalue weighted by Crippen LogP contribution is 2.42. The van der Waals surface area contributed by atoms with Gasteiger partial charge in [0.05, 0.1) is 0 Å². The molecule has 0 radical (unpaired) electrons. The predicted molar refractivity (Wildman–Crippen MR) is 93.7 cm³/mol. The summed E-state index contributed by atoms with van der Waals surface area (Å²) in [6.07, 6.45) is 3.55. The van der Waals surface area contributed by atoms with Crippen LogP contribution in [0.3, 0.4) is 0 Å². The number of carbonyl (C=O) groups is 3. The summed E-state index contributed by atoms with van der Waals surface area (Å²) in [5, 5.41) is 5.63. The van der Waals surface area contributed by atoms with Gasteiger partial charge in [0, 0.05) is 6.04 Å². The van der Waals surface area contributed by atoms with Crippen LogP contribution in [0.25, 0.3) is 0 Å². The molecule has 6 heteroatoms. The molecule has 6 nitrogen and oxygen atoms in total. The van der Waals surface area contributed by atoms with Crippen LogP contribution in [0, 0.1) is 5.92 Å². The topological polar surface area (TPSA) is 78.5 Å². The number of imide groups is 1. The molecule has 1 aliphatic carbocycles. The molecule has 1 heterocycles. The number of amides is 4. The van der Waals surface area contributed by atoms with E-state index in [1.165, 1.54) is 5.56 Å². The number of hydrogen-bond acceptors (Lipinski definition) is 3. The van der Waals surface area contributed by atoms with Crippen molar-refractivity contribution in [3.63, 3.8) is 0 Å². The first-order valence-corrected chi connectivity index (χ1v) is 8.87. The molecule has 2 unspecified atom stereocenters. The van der Waals surface area contributed by atoms with Gasteiger partial charge in [-0.1, -0.05) is 30.3 Å². The van der Waals surface area contributed by atoms with Crippen LogP contribution in [0.2, 0.25) is 0 Å². The van der Waals surface area contributed by atoms with E-state index in [9.17, 15) is 14.4 Å². The number of benzene rings is 1. The minimum atomic E-state index is -0.837. The van der Waals surface area contributed by atoms with Gasteiger partial charge in [-0.05, 0) is 51.0 Å². The lowest BCUT2D eigenvalue weighted by Crippen LogP contribution is -2.47. The Kier molecular flexibility index (Phi) is 4.79. The lowest BCUT2D eigenvalue weighted by Gasteiger charge is -2.21. The van der Waals surface area contributed by atoms with E-state index in [1.807, 2.05) is 25.1 Å². The normalized spacial score (nSPS) is 24.2. The monoisotopic (exact) mass is 343 g/mol. The van der Waals surface area contributed by atoms with E-state index in [0.29, 0.717) is 0 Å². The third-order valence-corrected chi connectivity index (χ3v) is 5.11. The molecule has 2 atom stereocenters. The summed E-state index contributed by atoms with van der Waals surface area (Å²) in [4.78, 5) is 37.9. The first kappa shape index (κ1) is 17.5. The average molecular weight is 343 g/mol. The molecule has 2 aliphatic rings. The average Bonchev–Trinajstić information content (AvgIpc) is 3.40. The molecule has 1 saturated heterocycles. The van der Waals surface area contributed by atoms with Crippen molar-refractivity contribution >= 4 is 17.8 Å². The highest BCUT2D eigenvalue weighted by molar-refractivity contribution is 6.09. The lowest BCUT2D eigenvalue weighted by atomic mass is 9.96. The van der Waals surface area contributed by atoms with E-state index >= 15 is 0 Å². The summed E-state index contributed by atoms with van der Waals surface area (Å²) in [6, 6.07) is 9.58.